The van der Waals surface area contributed by atoms with Crippen molar-refractivity contribution >= 4 is 35.9 Å². The van der Waals surface area contributed by atoms with E-state index >= 15 is 0 Å². The van der Waals surface area contributed by atoms with Crippen molar-refractivity contribution in [3.05, 3.63) is 59.4 Å². The number of piperazine rings is 1. The largest absolute Gasteiger partial charge is 0.391 e. The van der Waals surface area contributed by atoms with Gasteiger partial charge in [-0.05, 0) is 25.5 Å². The third-order valence-electron chi connectivity index (χ3n) is 6.71. The predicted octanol–water partition coefficient (Wildman–Crippen LogP) is 2.66. The molecule has 0 spiro atoms. The molecule has 0 saturated carbocycles. The molecule has 0 amide bonds. The molecule has 1 unspecified atom stereocenters. The number of aliphatic hydroxyl groups is 1. The van der Waals surface area contributed by atoms with Crippen LogP contribution in [0.25, 0.3) is 11.9 Å². The van der Waals surface area contributed by atoms with Crippen LogP contribution in [0.4, 0.5) is 26.2 Å². The van der Waals surface area contributed by atoms with Gasteiger partial charge in [-0.25, -0.2) is 13.5 Å². The second-order valence-electron chi connectivity index (χ2n) is 9.25. The molecular weight excluding hydrogens is 502 g/mol. The van der Waals surface area contributed by atoms with Gasteiger partial charge >= 0.3 is 0 Å². The zero-order chi connectivity index (χ0) is 25.2. The molecule has 2 saturated heterocycles. The van der Waals surface area contributed by atoms with Crippen molar-refractivity contribution in [3.63, 3.8) is 0 Å². The first kappa shape index (κ1) is 26.8. The molecule has 37 heavy (non-hydrogen) atoms. The first-order valence-corrected chi connectivity index (χ1v) is 12.1. The molecule has 198 valence electrons. The minimum absolute atomic E-state index is 0. The number of nitrogens with zero attached hydrogens (tertiary/aromatic N) is 7. The molecule has 2 aliphatic rings. The van der Waals surface area contributed by atoms with Crippen molar-refractivity contribution in [2.45, 2.75) is 19.4 Å². The van der Waals surface area contributed by atoms with Gasteiger partial charge in [0.1, 0.15) is 17.5 Å². The van der Waals surface area contributed by atoms with Gasteiger partial charge in [0, 0.05) is 69.2 Å². The van der Waals surface area contributed by atoms with Gasteiger partial charge in [0.25, 0.3) is 0 Å². The van der Waals surface area contributed by atoms with Gasteiger partial charge in [-0.3, -0.25) is 4.90 Å². The van der Waals surface area contributed by atoms with E-state index in [4.69, 9.17) is 5.73 Å². The molecule has 1 aromatic carbocycles. The van der Waals surface area contributed by atoms with E-state index in [0.29, 0.717) is 43.4 Å². The van der Waals surface area contributed by atoms with Crippen molar-refractivity contribution in [2.75, 3.05) is 61.3 Å². The molecule has 0 aliphatic carbocycles. The third-order valence-corrected chi connectivity index (χ3v) is 6.71. The third kappa shape index (κ3) is 6.17. The lowest BCUT2D eigenvalue weighted by Crippen LogP contribution is -2.46. The highest BCUT2D eigenvalue weighted by molar-refractivity contribution is 5.85. The van der Waals surface area contributed by atoms with Gasteiger partial charge in [0.2, 0.25) is 5.95 Å². The van der Waals surface area contributed by atoms with Crippen LogP contribution in [0.2, 0.25) is 0 Å². The quantitative estimate of drug-likeness (QED) is 0.500. The highest BCUT2D eigenvalue weighted by Gasteiger charge is 2.23. The number of aromatic nitrogens is 4. The predicted molar refractivity (Wildman–Crippen MR) is 142 cm³/mol. The van der Waals surface area contributed by atoms with Crippen molar-refractivity contribution < 1.29 is 13.9 Å². The Balaban J connectivity index is 0.00000320. The molecule has 2 aromatic heterocycles. The lowest BCUT2D eigenvalue weighted by molar-refractivity contribution is 0.198. The van der Waals surface area contributed by atoms with Crippen LogP contribution in [-0.4, -0.2) is 81.7 Å². The van der Waals surface area contributed by atoms with Gasteiger partial charge in [-0.1, -0.05) is 12.2 Å². The van der Waals surface area contributed by atoms with Crippen LogP contribution in [0.3, 0.4) is 0 Å². The van der Waals surface area contributed by atoms with E-state index in [-0.39, 0.29) is 24.5 Å². The van der Waals surface area contributed by atoms with E-state index in [1.165, 1.54) is 12.1 Å². The van der Waals surface area contributed by atoms with Gasteiger partial charge in [0.15, 0.2) is 5.82 Å². The monoisotopic (exact) mass is 532 g/mol. The Hall–Kier alpha value is -3.28. The number of aliphatic hydroxyl groups excluding tert-OH is 1. The number of halogens is 3. The molecule has 3 N–H and O–H groups in total. The molecule has 2 aliphatic heterocycles. The zero-order valence-electron chi connectivity index (χ0n) is 20.6. The minimum Gasteiger partial charge on any atom is -0.391 e. The summed E-state index contributed by atoms with van der Waals surface area (Å²) in [5.74, 6) is 0.321. The van der Waals surface area contributed by atoms with E-state index in [2.05, 4.69) is 26.0 Å². The van der Waals surface area contributed by atoms with Gasteiger partial charge in [-0.2, -0.15) is 15.1 Å². The first-order chi connectivity index (χ1) is 17.4. The summed E-state index contributed by atoms with van der Waals surface area (Å²) in [6.45, 7) is 6.99. The number of rotatable bonds is 6. The zero-order valence-corrected chi connectivity index (χ0v) is 21.4. The SMILES string of the molecule is Cc1c(C=CCN2CCN(c3cc(F)cc(F)c3)CC2)cnn1-c1cc(N2CCC(O)C2)nc(N)n1.Cl. The van der Waals surface area contributed by atoms with Crippen LogP contribution in [0.1, 0.15) is 17.7 Å². The van der Waals surface area contributed by atoms with Crippen LogP contribution in [0.15, 0.2) is 36.5 Å². The second kappa shape index (κ2) is 11.4. The highest BCUT2D eigenvalue weighted by atomic mass is 35.5. The molecule has 2 fully saturated rings. The van der Waals surface area contributed by atoms with Crippen molar-refractivity contribution in [2.24, 2.45) is 0 Å². The fraction of sp³-hybridized carbons (Fsp3) is 0.400. The maximum absolute atomic E-state index is 13.5. The maximum atomic E-state index is 13.5. The molecule has 3 aromatic rings. The van der Waals surface area contributed by atoms with Crippen LogP contribution >= 0.6 is 12.4 Å². The fourth-order valence-electron chi connectivity index (χ4n) is 4.72. The standard InChI is InChI=1S/C25H30F2N8O.ClH/c1-17-18(3-2-5-32-7-9-33(10-8-32)21-12-19(26)11-20(27)13-21)15-29-35(17)24-14-23(30-25(28)31-24)34-6-4-22(36)16-34;/h2-3,11-15,22,36H,4-10,16H2,1H3,(H2,28,30,31);1H. The lowest BCUT2D eigenvalue weighted by Gasteiger charge is -2.35. The molecule has 12 heteroatoms. The molecule has 0 bridgehead atoms. The minimum atomic E-state index is -0.554. The number of β-amino-alcohol motifs (C(OH)–C–C–N with tert-alkyl or cyclic N) is 1. The summed E-state index contributed by atoms with van der Waals surface area (Å²) in [6.07, 6.45) is 6.26. The summed E-state index contributed by atoms with van der Waals surface area (Å²) in [5, 5.41) is 14.4. The van der Waals surface area contributed by atoms with Crippen LogP contribution in [-0.2, 0) is 0 Å². The topological polar surface area (TPSA) is 99.6 Å². The maximum Gasteiger partial charge on any atom is 0.224 e. The highest BCUT2D eigenvalue weighted by Crippen LogP contribution is 2.23. The average molecular weight is 533 g/mol. The van der Waals surface area contributed by atoms with Crippen LogP contribution in [0, 0.1) is 18.6 Å². The lowest BCUT2D eigenvalue weighted by atomic mass is 10.2. The summed E-state index contributed by atoms with van der Waals surface area (Å²) in [5.41, 5.74) is 8.45. The molecular formula is C25H31ClF2N8O. The first-order valence-electron chi connectivity index (χ1n) is 12.1. The van der Waals surface area contributed by atoms with Gasteiger partial charge in [-0.15, -0.1) is 12.4 Å². The average Bonchev–Trinajstić information content (AvgIpc) is 3.44. The number of nitrogen functional groups attached to an aromatic ring is 1. The van der Waals surface area contributed by atoms with E-state index in [9.17, 15) is 13.9 Å². The molecule has 9 nitrogen and oxygen atoms in total. The van der Waals surface area contributed by atoms with Gasteiger partial charge in [0.05, 0.1) is 18.0 Å². The number of hydrogen-bond acceptors (Lipinski definition) is 8. The number of anilines is 3. The Morgan fingerprint density at radius 1 is 1.00 bits per heavy atom. The number of nitrogens with two attached hydrogens (primary N) is 1. The van der Waals surface area contributed by atoms with E-state index in [1.54, 1.807) is 10.9 Å². The summed E-state index contributed by atoms with van der Waals surface area (Å²) in [7, 11) is 0. The Morgan fingerprint density at radius 3 is 2.38 bits per heavy atom. The summed E-state index contributed by atoms with van der Waals surface area (Å²) < 4.78 is 28.8. The fourth-order valence-corrected chi connectivity index (χ4v) is 4.72. The van der Waals surface area contributed by atoms with Crippen molar-refractivity contribution in [1.29, 1.82) is 0 Å². The molecule has 4 heterocycles. The summed E-state index contributed by atoms with van der Waals surface area (Å²) in [6, 6.07) is 5.49. The van der Waals surface area contributed by atoms with Crippen LogP contribution < -0.4 is 15.5 Å². The molecule has 5 rings (SSSR count). The Labute approximate surface area is 220 Å². The summed E-state index contributed by atoms with van der Waals surface area (Å²) in [4.78, 5) is 15.0. The van der Waals surface area contributed by atoms with E-state index in [0.717, 1.165) is 43.5 Å². The van der Waals surface area contributed by atoms with Crippen molar-refractivity contribution in [3.8, 4) is 5.82 Å². The number of hydrogen-bond donors (Lipinski definition) is 2. The van der Waals surface area contributed by atoms with Gasteiger partial charge < -0.3 is 20.6 Å². The van der Waals surface area contributed by atoms with E-state index < -0.39 is 11.6 Å². The smallest absolute Gasteiger partial charge is 0.224 e. The second-order valence-corrected chi connectivity index (χ2v) is 9.25. The molecule has 1 atom stereocenters. The Morgan fingerprint density at radius 2 is 1.70 bits per heavy atom. The Kier molecular flexibility index (Phi) is 8.25. The van der Waals surface area contributed by atoms with Crippen molar-refractivity contribution in [1.82, 2.24) is 24.6 Å². The summed E-state index contributed by atoms with van der Waals surface area (Å²) >= 11 is 0. The molecule has 0 radical (unpaired) electrons. The van der Waals surface area contributed by atoms with E-state index in [1.807, 2.05) is 28.9 Å². The Bertz CT molecular complexity index is 1240. The van der Waals surface area contributed by atoms with Crippen LogP contribution in [0.5, 0.6) is 0 Å². The number of benzene rings is 1. The normalized spacial score (nSPS) is 18.5.